The van der Waals surface area contributed by atoms with E-state index in [-0.39, 0.29) is 5.76 Å². The molecule has 20 heavy (non-hydrogen) atoms. The standard InChI is InChI=1S/C16H16O4/c1-2-19-16(18)13-10-6-7-11-14(13)20-15(17)12-8-4-3-5-9-12/h3-5,7-9,11H,2,6,10H2,1H3. The number of esters is 2. The van der Waals surface area contributed by atoms with Gasteiger partial charge in [-0.2, -0.15) is 0 Å². The van der Waals surface area contributed by atoms with E-state index in [1.165, 1.54) is 0 Å². The second kappa shape index (κ2) is 6.70. The van der Waals surface area contributed by atoms with Gasteiger partial charge in [0.05, 0.1) is 17.7 Å². The lowest BCUT2D eigenvalue weighted by molar-refractivity contribution is -0.138. The molecule has 0 fully saturated rings. The highest BCUT2D eigenvalue weighted by Gasteiger charge is 2.21. The summed E-state index contributed by atoms with van der Waals surface area (Å²) in [6, 6.07) is 8.67. The molecule has 2 rings (SSSR count). The fraction of sp³-hybridized carbons (Fsp3) is 0.250. The van der Waals surface area contributed by atoms with E-state index in [2.05, 4.69) is 0 Å². The van der Waals surface area contributed by atoms with Gasteiger partial charge in [-0.15, -0.1) is 0 Å². The van der Waals surface area contributed by atoms with Crippen molar-refractivity contribution in [1.29, 1.82) is 0 Å². The molecule has 4 nitrogen and oxygen atoms in total. The molecule has 0 bridgehead atoms. The van der Waals surface area contributed by atoms with Crippen LogP contribution < -0.4 is 0 Å². The number of ether oxygens (including phenoxy) is 2. The summed E-state index contributed by atoms with van der Waals surface area (Å²) in [7, 11) is 0. The van der Waals surface area contributed by atoms with Crippen molar-refractivity contribution in [1.82, 2.24) is 0 Å². The maximum atomic E-state index is 12.0. The van der Waals surface area contributed by atoms with Crippen LogP contribution in [0.4, 0.5) is 0 Å². The van der Waals surface area contributed by atoms with Gasteiger partial charge in [-0.25, -0.2) is 9.59 Å². The number of hydrogen-bond donors (Lipinski definition) is 0. The van der Waals surface area contributed by atoms with Crippen LogP contribution in [0.3, 0.4) is 0 Å². The van der Waals surface area contributed by atoms with Crippen molar-refractivity contribution in [2.75, 3.05) is 6.61 Å². The van der Waals surface area contributed by atoms with Crippen LogP contribution in [-0.4, -0.2) is 18.5 Å². The number of hydrogen-bond acceptors (Lipinski definition) is 4. The molecule has 1 aliphatic rings. The zero-order chi connectivity index (χ0) is 14.4. The molecule has 0 saturated carbocycles. The summed E-state index contributed by atoms with van der Waals surface area (Å²) >= 11 is 0. The first kappa shape index (κ1) is 14.1. The minimum absolute atomic E-state index is 0.281. The molecule has 0 atom stereocenters. The Morgan fingerprint density at radius 3 is 2.60 bits per heavy atom. The Hall–Kier alpha value is -2.36. The molecule has 1 aromatic carbocycles. The van der Waals surface area contributed by atoms with E-state index in [0.717, 1.165) is 6.42 Å². The molecule has 0 aromatic heterocycles. The molecule has 0 unspecified atom stereocenters. The van der Waals surface area contributed by atoms with Crippen molar-refractivity contribution < 1.29 is 19.1 Å². The van der Waals surface area contributed by atoms with E-state index < -0.39 is 11.9 Å². The normalized spacial score (nSPS) is 14.1. The monoisotopic (exact) mass is 272 g/mol. The number of carbonyl (C=O) groups is 2. The first-order chi connectivity index (χ1) is 9.72. The Morgan fingerprint density at radius 2 is 1.90 bits per heavy atom. The van der Waals surface area contributed by atoms with Gasteiger partial charge in [0.25, 0.3) is 0 Å². The molecule has 1 aliphatic carbocycles. The van der Waals surface area contributed by atoms with Crippen molar-refractivity contribution in [3.63, 3.8) is 0 Å². The maximum absolute atomic E-state index is 12.0. The molecular weight excluding hydrogens is 256 g/mol. The van der Waals surface area contributed by atoms with E-state index in [1.54, 1.807) is 37.3 Å². The first-order valence-corrected chi connectivity index (χ1v) is 6.56. The van der Waals surface area contributed by atoms with Crippen LogP contribution in [0.15, 0.2) is 53.8 Å². The van der Waals surface area contributed by atoms with Gasteiger partial charge in [-0.3, -0.25) is 0 Å². The molecule has 4 heteroatoms. The lowest BCUT2D eigenvalue weighted by Crippen LogP contribution is -2.15. The van der Waals surface area contributed by atoms with Gasteiger partial charge in [-0.05, 0) is 38.0 Å². The number of benzene rings is 1. The Balaban J connectivity index is 2.18. The van der Waals surface area contributed by atoms with Gasteiger partial charge in [0.1, 0.15) is 5.76 Å². The molecule has 0 saturated heterocycles. The van der Waals surface area contributed by atoms with Crippen LogP contribution in [0.1, 0.15) is 30.1 Å². The molecule has 0 radical (unpaired) electrons. The molecule has 0 amide bonds. The zero-order valence-corrected chi connectivity index (χ0v) is 11.3. The number of carbonyl (C=O) groups excluding carboxylic acids is 2. The van der Waals surface area contributed by atoms with Crippen molar-refractivity contribution >= 4 is 11.9 Å². The van der Waals surface area contributed by atoms with Gasteiger partial charge >= 0.3 is 11.9 Å². The van der Waals surface area contributed by atoms with Gasteiger partial charge in [-0.1, -0.05) is 24.3 Å². The van der Waals surface area contributed by atoms with E-state index in [4.69, 9.17) is 9.47 Å². The second-order valence-corrected chi connectivity index (χ2v) is 4.26. The fourth-order valence-corrected chi connectivity index (χ4v) is 1.89. The molecule has 0 N–H and O–H groups in total. The predicted molar refractivity (Wildman–Crippen MR) is 73.9 cm³/mol. The SMILES string of the molecule is CCOC(=O)C1=C(OC(=O)c2ccccc2)C=CCC1. The minimum Gasteiger partial charge on any atom is -0.463 e. The average Bonchev–Trinajstić information content (AvgIpc) is 2.49. The molecular formula is C16H16O4. The van der Waals surface area contributed by atoms with Gasteiger partial charge in [0.2, 0.25) is 0 Å². The molecule has 0 aliphatic heterocycles. The molecule has 0 spiro atoms. The summed E-state index contributed by atoms with van der Waals surface area (Å²) in [6.45, 7) is 2.04. The van der Waals surface area contributed by atoms with Crippen molar-refractivity contribution in [2.24, 2.45) is 0 Å². The third-order valence-corrected chi connectivity index (χ3v) is 2.86. The van der Waals surface area contributed by atoms with Crippen LogP contribution >= 0.6 is 0 Å². The minimum atomic E-state index is -0.478. The van der Waals surface area contributed by atoms with Crippen LogP contribution in [0.25, 0.3) is 0 Å². The summed E-state index contributed by atoms with van der Waals surface area (Å²) in [4.78, 5) is 23.8. The molecule has 104 valence electrons. The van der Waals surface area contributed by atoms with Crippen molar-refractivity contribution in [2.45, 2.75) is 19.8 Å². The second-order valence-electron chi connectivity index (χ2n) is 4.26. The summed E-state index contributed by atoms with van der Waals surface area (Å²) in [5, 5.41) is 0. The van der Waals surface area contributed by atoms with E-state index in [9.17, 15) is 9.59 Å². The Labute approximate surface area is 117 Å². The van der Waals surface area contributed by atoms with Crippen LogP contribution in [0.5, 0.6) is 0 Å². The first-order valence-electron chi connectivity index (χ1n) is 6.56. The average molecular weight is 272 g/mol. The van der Waals surface area contributed by atoms with Crippen LogP contribution in [0, 0.1) is 0 Å². The van der Waals surface area contributed by atoms with E-state index >= 15 is 0 Å². The smallest absolute Gasteiger partial charge is 0.343 e. The highest BCUT2D eigenvalue weighted by molar-refractivity contribution is 5.93. The highest BCUT2D eigenvalue weighted by atomic mass is 16.5. The third-order valence-electron chi connectivity index (χ3n) is 2.86. The summed E-state index contributed by atoms with van der Waals surface area (Å²) in [5.74, 6) is -0.620. The Bertz CT molecular complexity index is 555. The van der Waals surface area contributed by atoms with Crippen LogP contribution in [0.2, 0.25) is 0 Å². The summed E-state index contributed by atoms with van der Waals surface area (Å²) < 4.78 is 10.3. The van der Waals surface area contributed by atoms with E-state index in [0.29, 0.717) is 24.2 Å². The highest BCUT2D eigenvalue weighted by Crippen LogP contribution is 2.22. The zero-order valence-electron chi connectivity index (χ0n) is 11.3. The lowest BCUT2D eigenvalue weighted by Gasteiger charge is -2.14. The van der Waals surface area contributed by atoms with Gasteiger partial charge in [0, 0.05) is 0 Å². The van der Waals surface area contributed by atoms with E-state index in [1.807, 2.05) is 12.1 Å². The van der Waals surface area contributed by atoms with Crippen molar-refractivity contribution in [3.05, 3.63) is 59.4 Å². The number of rotatable bonds is 4. The molecule has 1 aromatic rings. The molecule has 0 heterocycles. The number of allylic oxidation sites excluding steroid dienone is 2. The maximum Gasteiger partial charge on any atom is 0.343 e. The summed E-state index contributed by atoms with van der Waals surface area (Å²) in [6.07, 6.45) is 4.78. The predicted octanol–water partition coefficient (Wildman–Crippen LogP) is 3.01. The Morgan fingerprint density at radius 1 is 1.15 bits per heavy atom. The quantitative estimate of drug-likeness (QED) is 0.791. The Kier molecular flexibility index (Phi) is 4.71. The third kappa shape index (κ3) is 3.35. The van der Waals surface area contributed by atoms with Crippen LogP contribution in [-0.2, 0) is 14.3 Å². The summed E-state index contributed by atoms with van der Waals surface area (Å²) in [5.41, 5.74) is 0.862. The fourth-order valence-electron chi connectivity index (χ4n) is 1.89. The lowest BCUT2D eigenvalue weighted by atomic mass is 10.0. The topological polar surface area (TPSA) is 52.6 Å². The van der Waals surface area contributed by atoms with Crippen molar-refractivity contribution in [3.8, 4) is 0 Å². The largest absolute Gasteiger partial charge is 0.463 e. The van der Waals surface area contributed by atoms with Gasteiger partial charge in [0.15, 0.2) is 0 Å². The van der Waals surface area contributed by atoms with Gasteiger partial charge < -0.3 is 9.47 Å².